The van der Waals surface area contributed by atoms with Crippen LogP contribution in [0.4, 0.5) is 0 Å². The highest BCUT2D eigenvalue weighted by Gasteiger charge is 2.07. The molecule has 0 spiro atoms. The summed E-state index contributed by atoms with van der Waals surface area (Å²) in [5.74, 6) is 2.95. The van der Waals surface area contributed by atoms with E-state index in [1.165, 1.54) is 6.07 Å². The number of ether oxygens (including phenoxy) is 1. The first-order chi connectivity index (χ1) is 8.27. The maximum Gasteiger partial charge on any atom is 0.254 e. The normalized spacial score (nSPS) is 10.1. The van der Waals surface area contributed by atoms with Crippen LogP contribution < -0.4 is 10.3 Å². The first-order valence-corrected chi connectivity index (χ1v) is 5.46. The molecule has 2 rings (SSSR count). The molecule has 0 aliphatic heterocycles. The highest BCUT2D eigenvalue weighted by molar-refractivity contribution is 5.85. The molecule has 0 aliphatic carbocycles. The van der Waals surface area contributed by atoms with Crippen molar-refractivity contribution in [1.82, 2.24) is 4.57 Å². The number of fused-ring (bicyclic) bond motifs is 1. The van der Waals surface area contributed by atoms with Gasteiger partial charge in [0.05, 0.1) is 5.52 Å². The van der Waals surface area contributed by atoms with E-state index in [1.807, 2.05) is 31.2 Å². The van der Waals surface area contributed by atoms with Crippen LogP contribution in [0.5, 0.6) is 5.75 Å². The van der Waals surface area contributed by atoms with E-state index in [0.717, 1.165) is 10.9 Å². The molecule has 86 valence electrons. The number of para-hydroxylation sites is 1. The highest BCUT2D eigenvalue weighted by Crippen LogP contribution is 2.23. The van der Waals surface area contributed by atoms with Gasteiger partial charge in [0.1, 0.15) is 12.4 Å². The van der Waals surface area contributed by atoms with Gasteiger partial charge >= 0.3 is 0 Å². The van der Waals surface area contributed by atoms with Crippen molar-refractivity contribution in [2.45, 2.75) is 13.5 Å². The number of rotatable bonds is 3. The smallest absolute Gasteiger partial charge is 0.254 e. The van der Waals surface area contributed by atoms with Crippen molar-refractivity contribution in [2.24, 2.45) is 0 Å². The van der Waals surface area contributed by atoms with Crippen molar-refractivity contribution in [3.63, 3.8) is 0 Å². The number of aromatic nitrogens is 1. The van der Waals surface area contributed by atoms with Gasteiger partial charge in [-0.05, 0) is 19.1 Å². The summed E-state index contributed by atoms with van der Waals surface area (Å²) in [4.78, 5) is 11.9. The van der Waals surface area contributed by atoms with Crippen molar-refractivity contribution < 1.29 is 4.74 Å². The highest BCUT2D eigenvalue weighted by atomic mass is 16.5. The number of aryl methyl sites for hydroxylation is 1. The van der Waals surface area contributed by atoms with Gasteiger partial charge in [-0.3, -0.25) is 4.79 Å². The third-order valence-electron chi connectivity index (χ3n) is 2.61. The summed E-state index contributed by atoms with van der Waals surface area (Å²) < 4.78 is 7.11. The van der Waals surface area contributed by atoms with Crippen molar-refractivity contribution in [3.8, 4) is 18.1 Å². The lowest BCUT2D eigenvalue weighted by molar-refractivity contribution is 0.373. The Labute approximate surface area is 99.6 Å². The van der Waals surface area contributed by atoms with Crippen molar-refractivity contribution in [1.29, 1.82) is 0 Å². The zero-order valence-corrected chi connectivity index (χ0v) is 9.64. The second-order valence-electron chi connectivity index (χ2n) is 3.60. The molecule has 0 aliphatic rings. The minimum absolute atomic E-state index is 0.0711. The Bertz CT molecular complexity index is 635. The van der Waals surface area contributed by atoms with Crippen molar-refractivity contribution in [2.75, 3.05) is 6.61 Å². The summed E-state index contributed by atoms with van der Waals surface area (Å²) in [6, 6.07) is 9.13. The Balaban J connectivity index is 2.71. The molecule has 1 aromatic heterocycles. The second-order valence-corrected chi connectivity index (χ2v) is 3.60. The van der Waals surface area contributed by atoms with Crippen LogP contribution in [0, 0.1) is 12.3 Å². The van der Waals surface area contributed by atoms with Gasteiger partial charge < -0.3 is 9.30 Å². The molecule has 3 nitrogen and oxygen atoms in total. The molecule has 0 atom stereocenters. The number of hydrogen-bond donors (Lipinski definition) is 0. The largest absolute Gasteiger partial charge is 0.480 e. The molecule has 1 heterocycles. The molecule has 0 bridgehead atoms. The third kappa shape index (κ3) is 2.02. The van der Waals surface area contributed by atoms with Crippen LogP contribution in [0.1, 0.15) is 6.92 Å². The van der Waals surface area contributed by atoms with Crippen LogP contribution in [0.25, 0.3) is 10.9 Å². The Morgan fingerprint density at radius 2 is 2.18 bits per heavy atom. The Kier molecular flexibility index (Phi) is 3.15. The van der Waals surface area contributed by atoms with Gasteiger partial charge in [0.25, 0.3) is 5.56 Å². The van der Waals surface area contributed by atoms with Crippen LogP contribution in [-0.2, 0) is 6.54 Å². The molecule has 1 aromatic carbocycles. The maximum atomic E-state index is 11.9. The number of terminal acetylenes is 1. The Hall–Kier alpha value is -2.21. The lowest BCUT2D eigenvalue weighted by Crippen LogP contribution is -2.19. The monoisotopic (exact) mass is 227 g/mol. The summed E-state index contributed by atoms with van der Waals surface area (Å²) in [7, 11) is 0. The summed E-state index contributed by atoms with van der Waals surface area (Å²) in [6.45, 7) is 2.74. The Morgan fingerprint density at radius 3 is 2.88 bits per heavy atom. The van der Waals surface area contributed by atoms with Crippen molar-refractivity contribution in [3.05, 3.63) is 40.7 Å². The molecule has 3 heteroatoms. The standard InChI is InChI=1S/C14H13NO2/c1-3-9-17-13-10-14(16)15(4-2)12-8-6-5-7-11(12)13/h1,5-8,10H,4,9H2,2H3. The topological polar surface area (TPSA) is 31.2 Å². The van der Waals surface area contributed by atoms with E-state index in [2.05, 4.69) is 5.92 Å². The van der Waals surface area contributed by atoms with Gasteiger partial charge in [0.2, 0.25) is 0 Å². The van der Waals surface area contributed by atoms with Gasteiger partial charge in [-0.25, -0.2) is 0 Å². The van der Waals surface area contributed by atoms with Crippen LogP contribution in [0.3, 0.4) is 0 Å². The van der Waals surface area contributed by atoms with Gasteiger partial charge in [-0.1, -0.05) is 18.1 Å². The number of pyridine rings is 1. The fourth-order valence-electron chi connectivity index (χ4n) is 1.87. The van der Waals surface area contributed by atoms with E-state index in [-0.39, 0.29) is 12.2 Å². The van der Waals surface area contributed by atoms with E-state index < -0.39 is 0 Å². The summed E-state index contributed by atoms with van der Waals surface area (Å²) in [5.41, 5.74) is 0.799. The van der Waals surface area contributed by atoms with Crippen LogP contribution in [-0.4, -0.2) is 11.2 Å². The van der Waals surface area contributed by atoms with E-state index in [0.29, 0.717) is 12.3 Å². The maximum absolute atomic E-state index is 11.9. The molecular weight excluding hydrogens is 214 g/mol. The van der Waals surface area contributed by atoms with Crippen LogP contribution >= 0.6 is 0 Å². The minimum Gasteiger partial charge on any atom is -0.480 e. The van der Waals surface area contributed by atoms with E-state index in [9.17, 15) is 4.79 Å². The number of nitrogens with zero attached hydrogens (tertiary/aromatic N) is 1. The molecule has 0 saturated heterocycles. The predicted octanol–water partition coefficient (Wildman–Crippen LogP) is 2.03. The zero-order chi connectivity index (χ0) is 12.3. The van der Waals surface area contributed by atoms with E-state index >= 15 is 0 Å². The van der Waals surface area contributed by atoms with Gasteiger partial charge in [-0.2, -0.15) is 0 Å². The van der Waals surface area contributed by atoms with E-state index in [4.69, 9.17) is 11.2 Å². The quantitative estimate of drug-likeness (QED) is 0.751. The average molecular weight is 227 g/mol. The lowest BCUT2D eigenvalue weighted by atomic mass is 10.2. The first kappa shape index (κ1) is 11.3. The summed E-state index contributed by atoms with van der Waals surface area (Å²) in [6.07, 6.45) is 5.16. The molecule has 0 radical (unpaired) electrons. The summed E-state index contributed by atoms with van der Waals surface area (Å²) in [5, 5.41) is 0.907. The van der Waals surface area contributed by atoms with Gasteiger partial charge in [0.15, 0.2) is 0 Å². The molecule has 2 aromatic rings. The van der Waals surface area contributed by atoms with Crippen molar-refractivity contribution >= 4 is 10.9 Å². The molecule has 0 unspecified atom stereocenters. The average Bonchev–Trinajstić information content (AvgIpc) is 2.36. The van der Waals surface area contributed by atoms with Gasteiger partial charge in [0, 0.05) is 18.0 Å². The zero-order valence-electron chi connectivity index (χ0n) is 9.64. The molecule has 0 saturated carbocycles. The second kappa shape index (κ2) is 4.75. The van der Waals surface area contributed by atoms with Gasteiger partial charge in [-0.15, -0.1) is 6.42 Å². The molecule has 17 heavy (non-hydrogen) atoms. The lowest BCUT2D eigenvalue weighted by Gasteiger charge is -2.11. The van der Waals surface area contributed by atoms with E-state index in [1.54, 1.807) is 4.57 Å². The van der Waals surface area contributed by atoms with Crippen LogP contribution in [0.15, 0.2) is 35.1 Å². The molecular formula is C14H13NO2. The summed E-state index contributed by atoms with van der Waals surface area (Å²) >= 11 is 0. The number of hydrogen-bond acceptors (Lipinski definition) is 2. The third-order valence-corrected chi connectivity index (χ3v) is 2.61. The fourth-order valence-corrected chi connectivity index (χ4v) is 1.87. The molecule has 0 N–H and O–H groups in total. The SMILES string of the molecule is C#CCOc1cc(=O)n(CC)c2ccccc12. The first-order valence-electron chi connectivity index (χ1n) is 5.46. The molecule has 0 amide bonds. The predicted molar refractivity (Wildman–Crippen MR) is 68.2 cm³/mol. The van der Waals surface area contributed by atoms with Crippen LogP contribution in [0.2, 0.25) is 0 Å². The number of benzene rings is 1. The minimum atomic E-state index is -0.0711. The molecule has 0 fully saturated rings. The Morgan fingerprint density at radius 1 is 1.41 bits per heavy atom. The fraction of sp³-hybridized carbons (Fsp3) is 0.214.